The Bertz CT molecular complexity index is 995. The van der Waals surface area contributed by atoms with Crippen LogP contribution in [0.15, 0.2) is 47.0 Å². The first-order chi connectivity index (χ1) is 13.5. The van der Waals surface area contributed by atoms with Gasteiger partial charge in [0.2, 0.25) is 17.6 Å². The fourth-order valence-electron chi connectivity index (χ4n) is 3.57. The van der Waals surface area contributed by atoms with Gasteiger partial charge in [-0.3, -0.25) is 4.79 Å². The monoisotopic (exact) mass is 377 g/mol. The Morgan fingerprint density at radius 2 is 1.96 bits per heavy atom. The molecule has 1 aliphatic heterocycles. The Labute approximate surface area is 164 Å². The fourth-order valence-corrected chi connectivity index (χ4v) is 3.57. The van der Waals surface area contributed by atoms with E-state index in [1.807, 2.05) is 29.2 Å². The van der Waals surface area contributed by atoms with Gasteiger partial charge in [0.25, 0.3) is 0 Å². The van der Waals surface area contributed by atoms with E-state index in [1.54, 1.807) is 7.11 Å². The van der Waals surface area contributed by atoms with E-state index in [1.165, 1.54) is 11.1 Å². The summed E-state index contributed by atoms with van der Waals surface area (Å²) in [5.41, 5.74) is 4.35. The number of ether oxygens (including phenoxy) is 1. The molecule has 1 amide bonds. The van der Waals surface area contributed by atoms with Gasteiger partial charge in [0.05, 0.1) is 7.11 Å². The second-order valence-corrected chi connectivity index (χ2v) is 7.19. The van der Waals surface area contributed by atoms with Gasteiger partial charge in [-0.15, -0.1) is 0 Å². The Hall–Kier alpha value is -3.15. The van der Waals surface area contributed by atoms with Crippen LogP contribution in [0.1, 0.15) is 41.5 Å². The number of amides is 1. The molecule has 144 valence electrons. The van der Waals surface area contributed by atoms with Crippen molar-refractivity contribution < 1.29 is 14.1 Å². The molecule has 28 heavy (non-hydrogen) atoms. The van der Waals surface area contributed by atoms with Crippen LogP contribution in [-0.2, 0) is 11.3 Å². The summed E-state index contributed by atoms with van der Waals surface area (Å²) >= 11 is 0. The highest BCUT2D eigenvalue weighted by Gasteiger charge is 2.36. The lowest BCUT2D eigenvalue weighted by Gasteiger charge is -2.23. The van der Waals surface area contributed by atoms with E-state index in [0.29, 0.717) is 31.1 Å². The number of benzene rings is 2. The summed E-state index contributed by atoms with van der Waals surface area (Å²) in [6.07, 6.45) is 1.18. The van der Waals surface area contributed by atoms with Crippen LogP contribution in [0.4, 0.5) is 0 Å². The van der Waals surface area contributed by atoms with Crippen LogP contribution in [0.2, 0.25) is 0 Å². The van der Waals surface area contributed by atoms with Gasteiger partial charge in [0.15, 0.2) is 0 Å². The van der Waals surface area contributed by atoms with Crippen molar-refractivity contribution in [1.82, 2.24) is 15.0 Å². The van der Waals surface area contributed by atoms with E-state index in [9.17, 15) is 4.79 Å². The molecule has 1 atom stereocenters. The van der Waals surface area contributed by atoms with Gasteiger partial charge in [-0.25, -0.2) is 0 Å². The van der Waals surface area contributed by atoms with Gasteiger partial charge < -0.3 is 14.2 Å². The van der Waals surface area contributed by atoms with Crippen molar-refractivity contribution in [3.05, 3.63) is 65.0 Å². The fraction of sp³-hybridized carbons (Fsp3) is 0.318. The minimum Gasteiger partial charge on any atom is -0.497 e. The molecule has 0 spiro atoms. The van der Waals surface area contributed by atoms with Crippen molar-refractivity contribution in [2.75, 3.05) is 7.11 Å². The first kappa shape index (κ1) is 18.2. The van der Waals surface area contributed by atoms with Crippen LogP contribution in [0.5, 0.6) is 5.75 Å². The van der Waals surface area contributed by atoms with Gasteiger partial charge >= 0.3 is 0 Å². The number of aryl methyl sites for hydroxylation is 2. The van der Waals surface area contributed by atoms with E-state index in [0.717, 1.165) is 16.9 Å². The van der Waals surface area contributed by atoms with Gasteiger partial charge in [0, 0.05) is 18.5 Å². The van der Waals surface area contributed by atoms with Crippen LogP contribution in [0.3, 0.4) is 0 Å². The smallest absolute Gasteiger partial charge is 0.249 e. The number of likely N-dealkylation sites (tertiary alicyclic amines) is 1. The second-order valence-electron chi connectivity index (χ2n) is 7.19. The van der Waals surface area contributed by atoms with Gasteiger partial charge in [-0.1, -0.05) is 28.9 Å². The molecule has 1 aromatic heterocycles. The van der Waals surface area contributed by atoms with Crippen LogP contribution in [-0.4, -0.2) is 28.1 Å². The predicted molar refractivity (Wildman–Crippen MR) is 105 cm³/mol. The summed E-state index contributed by atoms with van der Waals surface area (Å²) in [6, 6.07) is 13.6. The molecule has 2 heterocycles. The highest BCUT2D eigenvalue weighted by atomic mass is 16.5. The quantitative estimate of drug-likeness (QED) is 0.666. The minimum atomic E-state index is -0.188. The number of aromatic nitrogens is 2. The van der Waals surface area contributed by atoms with Crippen LogP contribution in [0, 0.1) is 13.8 Å². The average Bonchev–Trinajstić information content (AvgIpc) is 3.32. The normalized spacial score (nSPS) is 16.6. The summed E-state index contributed by atoms with van der Waals surface area (Å²) in [6.45, 7) is 4.68. The molecule has 3 aromatic rings. The zero-order valence-corrected chi connectivity index (χ0v) is 16.3. The molecule has 1 saturated heterocycles. The Balaban J connectivity index is 1.58. The van der Waals surface area contributed by atoms with Crippen LogP contribution in [0.25, 0.3) is 11.4 Å². The van der Waals surface area contributed by atoms with E-state index in [2.05, 4.69) is 42.2 Å². The number of carbonyl (C=O) groups excluding carboxylic acids is 1. The zero-order chi connectivity index (χ0) is 19.7. The third-order valence-corrected chi connectivity index (χ3v) is 5.25. The molecule has 1 unspecified atom stereocenters. The number of rotatable bonds is 5. The van der Waals surface area contributed by atoms with E-state index in [4.69, 9.17) is 9.26 Å². The molecule has 6 nitrogen and oxygen atoms in total. The molecule has 2 aromatic carbocycles. The molecule has 4 rings (SSSR count). The lowest BCUT2D eigenvalue weighted by atomic mass is 10.0. The number of methoxy groups -OCH3 is 1. The molecule has 0 aliphatic carbocycles. The van der Waals surface area contributed by atoms with Crippen molar-refractivity contribution in [2.24, 2.45) is 0 Å². The zero-order valence-electron chi connectivity index (χ0n) is 16.3. The number of hydrogen-bond acceptors (Lipinski definition) is 5. The van der Waals surface area contributed by atoms with Crippen LogP contribution < -0.4 is 4.74 Å². The molecule has 0 bridgehead atoms. The summed E-state index contributed by atoms with van der Waals surface area (Å²) in [4.78, 5) is 19.0. The van der Waals surface area contributed by atoms with E-state index >= 15 is 0 Å². The van der Waals surface area contributed by atoms with E-state index < -0.39 is 0 Å². The maximum absolute atomic E-state index is 12.5. The molecule has 1 aliphatic rings. The SMILES string of the molecule is COc1ccc(-c2noc(C3CCC(=O)N3Cc3cc(C)ccc3C)n2)cc1. The number of carbonyl (C=O) groups is 1. The standard InChI is InChI=1S/C22H23N3O3/c1-14-4-5-15(2)17(12-14)13-25-19(10-11-20(25)26)22-23-21(24-28-22)16-6-8-18(27-3)9-7-16/h4-9,12,19H,10-11,13H2,1-3H3. The number of nitrogens with zero attached hydrogens (tertiary/aromatic N) is 3. The molecular formula is C22H23N3O3. The highest BCUT2D eigenvalue weighted by Crippen LogP contribution is 2.34. The molecule has 0 saturated carbocycles. The molecule has 1 fully saturated rings. The summed E-state index contributed by atoms with van der Waals surface area (Å²) in [5, 5.41) is 4.12. The third-order valence-electron chi connectivity index (χ3n) is 5.25. The van der Waals surface area contributed by atoms with Gasteiger partial charge in [-0.05, 0) is 55.7 Å². The average molecular weight is 377 g/mol. The van der Waals surface area contributed by atoms with Crippen molar-refractivity contribution in [3.8, 4) is 17.1 Å². The Morgan fingerprint density at radius 1 is 1.18 bits per heavy atom. The Morgan fingerprint density at radius 3 is 2.71 bits per heavy atom. The van der Waals surface area contributed by atoms with Crippen molar-refractivity contribution >= 4 is 5.91 Å². The molecular weight excluding hydrogens is 354 g/mol. The summed E-state index contributed by atoms with van der Waals surface area (Å²) < 4.78 is 10.7. The predicted octanol–water partition coefficient (Wildman–Crippen LogP) is 4.23. The first-order valence-corrected chi connectivity index (χ1v) is 9.39. The first-order valence-electron chi connectivity index (χ1n) is 9.39. The Kier molecular flexibility index (Phi) is 4.86. The van der Waals surface area contributed by atoms with Crippen molar-refractivity contribution in [3.63, 3.8) is 0 Å². The maximum Gasteiger partial charge on any atom is 0.249 e. The van der Waals surface area contributed by atoms with Gasteiger partial charge in [0.1, 0.15) is 11.8 Å². The highest BCUT2D eigenvalue weighted by molar-refractivity contribution is 5.79. The van der Waals surface area contributed by atoms with Crippen molar-refractivity contribution in [1.29, 1.82) is 0 Å². The molecule has 6 heteroatoms. The van der Waals surface area contributed by atoms with Crippen LogP contribution >= 0.6 is 0 Å². The third kappa shape index (κ3) is 3.50. The summed E-state index contributed by atoms with van der Waals surface area (Å²) in [7, 11) is 1.63. The summed E-state index contributed by atoms with van der Waals surface area (Å²) in [5.74, 6) is 1.90. The van der Waals surface area contributed by atoms with E-state index in [-0.39, 0.29) is 11.9 Å². The number of hydrogen-bond donors (Lipinski definition) is 0. The molecule has 0 N–H and O–H groups in total. The lowest BCUT2D eigenvalue weighted by Crippen LogP contribution is -2.27. The topological polar surface area (TPSA) is 68.5 Å². The molecule has 0 radical (unpaired) electrons. The maximum atomic E-state index is 12.5. The lowest BCUT2D eigenvalue weighted by molar-refractivity contribution is -0.130. The minimum absolute atomic E-state index is 0.120. The second kappa shape index (κ2) is 7.46. The van der Waals surface area contributed by atoms with Crippen molar-refractivity contribution in [2.45, 2.75) is 39.3 Å². The van der Waals surface area contributed by atoms with Gasteiger partial charge in [-0.2, -0.15) is 4.98 Å². The largest absolute Gasteiger partial charge is 0.497 e.